The number of carbonyl (C=O) groups is 1. The Morgan fingerprint density at radius 3 is 2.85 bits per heavy atom. The topological polar surface area (TPSA) is 87.7 Å². The molecule has 4 heterocycles. The van der Waals surface area contributed by atoms with E-state index >= 15 is 0 Å². The highest BCUT2D eigenvalue weighted by Crippen LogP contribution is 2.28. The van der Waals surface area contributed by atoms with Crippen LogP contribution in [0.25, 0.3) is 11.4 Å². The molecular weight excluding hydrogens is 340 g/mol. The Bertz CT molecular complexity index is 906. The van der Waals surface area contributed by atoms with Crippen molar-refractivity contribution in [1.29, 1.82) is 0 Å². The molecule has 3 aromatic heterocycles. The van der Waals surface area contributed by atoms with Crippen LogP contribution in [0.4, 0.5) is 0 Å². The molecular formula is C20H22N6O. The lowest BCUT2D eigenvalue weighted by Crippen LogP contribution is -2.39. The van der Waals surface area contributed by atoms with Gasteiger partial charge in [-0.05, 0) is 37.0 Å². The van der Waals surface area contributed by atoms with Gasteiger partial charge in [0.1, 0.15) is 0 Å². The van der Waals surface area contributed by atoms with Crippen LogP contribution < -0.4 is 0 Å². The third-order valence-electron chi connectivity index (χ3n) is 5.07. The predicted octanol–water partition coefficient (Wildman–Crippen LogP) is 2.84. The fourth-order valence-electron chi connectivity index (χ4n) is 3.62. The molecule has 0 saturated carbocycles. The second kappa shape index (κ2) is 7.65. The largest absolute Gasteiger partial charge is 0.338 e. The number of carbonyl (C=O) groups excluding carboxylic acids is 1. The van der Waals surface area contributed by atoms with E-state index < -0.39 is 0 Å². The first-order valence-corrected chi connectivity index (χ1v) is 9.30. The molecule has 1 fully saturated rings. The van der Waals surface area contributed by atoms with E-state index in [0.29, 0.717) is 23.9 Å². The highest BCUT2D eigenvalue weighted by molar-refractivity contribution is 5.93. The molecule has 0 unspecified atom stereocenters. The van der Waals surface area contributed by atoms with E-state index in [1.165, 1.54) is 5.56 Å². The number of rotatable bonds is 4. The number of aromatic nitrogens is 5. The minimum Gasteiger partial charge on any atom is -0.338 e. The van der Waals surface area contributed by atoms with Crippen LogP contribution in [0.1, 0.15) is 47.3 Å². The van der Waals surface area contributed by atoms with Gasteiger partial charge in [0.15, 0.2) is 5.82 Å². The lowest BCUT2D eigenvalue weighted by Gasteiger charge is -2.32. The van der Waals surface area contributed by atoms with Crippen LogP contribution in [0.5, 0.6) is 0 Å². The summed E-state index contributed by atoms with van der Waals surface area (Å²) in [7, 11) is 0. The first kappa shape index (κ1) is 17.3. The molecule has 1 aliphatic rings. The summed E-state index contributed by atoms with van der Waals surface area (Å²) < 4.78 is 0. The number of pyridine rings is 1. The molecule has 3 aromatic rings. The zero-order valence-corrected chi connectivity index (χ0v) is 15.3. The summed E-state index contributed by atoms with van der Waals surface area (Å²) in [6.45, 7) is 3.58. The lowest BCUT2D eigenvalue weighted by atomic mass is 9.91. The fraction of sp³-hybridized carbons (Fsp3) is 0.350. The Morgan fingerprint density at radius 1 is 1.26 bits per heavy atom. The number of H-pyrrole nitrogens is 1. The zero-order chi connectivity index (χ0) is 18.6. The summed E-state index contributed by atoms with van der Waals surface area (Å²) >= 11 is 0. The smallest absolute Gasteiger partial charge is 0.257 e. The van der Waals surface area contributed by atoms with Crippen molar-refractivity contribution in [1.82, 2.24) is 30.0 Å². The molecule has 0 bridgehead atoms. The summed E-state index contributed by atoms with van der Waals surface area (Å²) in [6, 6.07) is 3.74. The number of hydrogen-bond acceptors (Lipinski definition) is 5. The number of aromatic amines is 1. The van der Waals surface area contributed by atoms with Gasteiger partial charge < -0.3 is 4.90 Å². The van der Waals surface area contributed by atoms with Crippen molar-refractivity contribution in [2.24, 2.45) is 0 Å². The Balaban J connectivity index is 1.49. The van der Waals surface area contributed by atoms with E-state index in [0.717, 1.165) is 37.1 Å². The van der Waals surface area contributed by atoms with Crippen LogP contribution in [-0.2, 0) is 6.42 Å². The van der Waals surface area contributed by atoms with Crippen LogP contribution in [0.3, 0.4) is 0 Å². The summed E-state index contributed by atoms with van der Waals surface area (Å²) in [5.74, 6) is 0.854. The molecule has 1 N–H and O–H groups in total. The maximum absolute atomic E-state index is 12.9. The monoisotopic (exact) mass is 362 g/mol. The first-order valence-electron chi connectivity index (χ1n) is 9.30. The second-order valence-electron chi connectivity index (χ2n) is 6.79. The molecule has 4 rings (SSSR count). The predicted molar refractivity (Wildman–Crippen MR) is 101 cm³/mol. The van der Waals surface area contributed by atoms with Crippen LogP contribution in [-0.4, -0.2) is 49.0 Å². The van der Waals surface area contributed by atoms with Gasteiger partial charge in [-0.25, -0.2) is 9.97 Å². The molecule has 0 aromatic carbocycles. The number of nitrogens with one attached hydrogen (secondary N) is 1. The Labute approximate surface area is 157 Å². The summed E-state index contributed by atoms with van der Waals surface area (Å²) in [6.07, 6.45) is 11.5. The van der Waals surface area contributed by atoms with Gasteiger partial charge in [-0.3, -0.25) is 14.9 Å². The van der Waals surface area contributed by atoms with Crippen LogP contribution in [0.15, 0.2) is 43.1 Å². The van der Waals surface area contributed by atoms with Crippen molar-refractivity contribution in [2.75, 3.05) is 13.1 Å². The number of aryl methyl sites for hydroxylation is 1. The van der Waals surface area contributed by atoms with E-state index in [9.17, 15) is 4.79 Å². The second-order valence-corrected chi connectivity index (χ2v) is 6.79. The van der Waals surface area contributed by atoms with Gasteiger partial charge in [-0.2, -0.15) is 5.10 Å². The molecule has 1 saturated heterocycles. The van der Waals surface area contributed by atoms with Crippen LogP contribution >= 0.6 is 0 Å². The number of hydrogen-bond donors (Lipinski definition) is 1. The number of likely N-dealkylation sites (tertiary alicyclic amines) is 1. The maximum atomic E-state index is 12.9. The molecule has 1 atom stereocenters. The number of amides is 1. The van der Waals surface area contributed by atoms with E-state index in [1.807, 2.05) is 23.2 Å². The summed E-state index contributed by atoms with van der Waals surface area (Å²) in [5.41, 5.74) is 3.75. The maximum Gasteiger partial charge on any atom is 0.257 e. The average Bonchev–Trinajstić information content (AvgIpc) is 3.23. The average molecular weight is 362 g/mol. The molecule has 7 heteroatoms. The standard InChI is InChI=1S/C20H22N6O/c1-2-14-12-24-25-18(14)16-6-4-8-26(13-16)20(27)17-10-22-19(23-11-17)15-5-3-7-21-9-15/h3,5,7,9-12,16H,2,4,6,8,13H2,1H3,(H,24,25)/t16-/m0/s1. The lowest BCUT2D eigenvalue weighted by molar-refractivity contribution is 0.0704. The van der Waals surface area contributed by atoms with Gasteiger partial charge in [0, 0.05) is 55.1 Å². The van der Waals surface area contributed by atoms with Crippen molar-refractivity contribution < 1.29 is 4.79 Å². The van der Waals surface area contributed by atoms with Gasteiger partial charge in [0.2, 0.25) is 0 Å². The zero-order valence-electron chi connectivity index (χ0n) is 15.3. The number of nitrogens with zero attached hydrogens (tertiary/aromatic N) is 5. The third-order valence-corrected chi connectivity index (χ3v) is 5.07. The van der Waals surface area contributed by atoms with E-state index in [2.05, 4.69) is 32.1 Å². The van der Waals surface area contributed by atoms with Crippen molar-refractivity contribution in [3.05, 3.63) is 59.9 Å². The van der Waals surface area contributed by atoms with Crippen LogP contribution in [0.2, 0.25) is 0 Å². The minimum absolute atomic E-state index is 0.0185. The van der Waals surface area contributed by atoms with Gasteiger partial charge in [0.05, 0.1) is 11.8 Å². The Kier molecular flexibility index (Phi) is 4.91. The third kappa shape index (κ3) is 3.58. The molecule has 1 amide bonds. The van der Waals surface area contributed by atoms with Gasteiger partial charge >= 0.3 is 0 Å². The normalized spacial score (nSPS) is 17.1. The van der Waals surface area contributed by atoms with Crippen molar-refractivity contribution in [2.45, 2.75) is 32.1 Å². The van der Waals surface area contributed by atoms with E-state index in [1.54, 1.807) is 24.8 Å². The highest BCUT2D eigenvalue weighted by Gasteiger charge is 2.28. The quantitative estimate of drug-likeness (QED) is 0.771. The van der Waals surface area contributed by atoms with E-state index in [4.69, 9.17) is 0 Å². The highest BCUT2D eigenvalue weighted by atomic mass is 16.2. The van der Waals surface area contributed by atoms with Crippen molar-refractivity contribution in [3.63, 3.8) is 0 Å². The van der Waals surface area contributed by atoms with Crippen LogP contribution in [0, 0.1) is 0 Å². The van der Waals surface area contributed by atoms with Gasteiger partial charge in [-0.15, -0.1) is 0 Å². The molecule has 0 spiro atoms. The Hall–Kier alpha value is -3.09. The molecule has 0 radical (unpaired) electrons. The first-order chi connectivity index (χ1) is 13.3. The summed E-state index contributed by atoms with van der Waals surface area (Å²) in [5, 5.41) is 7.31. The molecule has 0 aliphatic carbocycles. The number of piperidine rings is 1. The SMILES string of the molecule is CCc1cn[nH]c1[C@H]1CCCN(C(=O)c2cnc(-c3cccnc3)nc2)C1. The summed E-state index contributed by atoms with van der Waals surface area (Å²) in [4.78, 5) is 27.6. The van der Waals surface area contributed by atoms with E-state index in [-0.39, 0.29) is 5.91 Å². The molecule has 27 heavy (non-hydrogen) atoms. The van der Waals surface area contributed by atoms with Crippen molar-refractivity contribution >= 4 is 5.91 Å². The van der Waals surface area contributed by atoms with Crippen molar-refractivity contribution in [3.8, 4) is 11.4 Å². The Morgan fingerprint density at radius 2 is 2.11 bits per heavy atom. The van der Waals surface area contributed by atoms with Gasteiger partial charge in [-0.1, -0.05) is 6.92 Å². The molecule has 7 nitrogen and oxygen atoms in total. The minimum atomic E-state index is -0.0185. The van der Waals surface area contributed by atoms with Gasteiger partial charge in [0.25, 0.3) is 5.91 Å². The molecule has 1 aliphatic heterocycles. The molecule has 138 valence electrons. The fourth-order valence-corrected chi connectivity index (χ4v) is 3.62.